The molecular formula is C25H39NO2. The third kappa shape index (κ3) is 2.73. The molecule has 3 heteroatoms. The van der Waals surface area contributed by atoms with Crippen molar-refractivity contribution in [1.29, 1.82) is 5.26 Å². The Hall–Kier alpha value is -0.880. The first kappa shape index (κ1) is 20.4. The largest absolute Gasteiger partial charge is 0.393 e. The molecule has 0 spiro atoms. The molecule has 4 saturated carbocycles. The first-order chi connectivity index (χ1) is 13.3. The van der Waals surface area contributed by atoms with E-state index in [1.54, 1.807) is 0 Å². The van der Waals surface area contributed by atoms with E-state index in [2.05, 4.69) is 33.8 Å². The molecule has 4 rings (SSSR count). The van der Waals surface area contributed by atoms with Crippen molar-refractivity contribution >= 4 is 5.78 Å². The summed E-state index contributed by atoms with van der Waals surface area (Å²) < 4.78 is 0. The molecule has 4 fully saturated rings. The van der Waals surface area contributed by atoms with E-state index in [0.29, 0.717) is 41.8 Å². The number of rotatable bonds is 3. The standard InChI is InChI=1S/C25H39NO2/c1-5-17-21-14-16(27)8-11-25(21,4)20-9-12-24(3)18(15(2)10-13-26)6-7-19(24)22(20)23(17)28/h15-22,27H,5-12,14H2,1-4H3/t15-,16-,17-,18-,19?,20?,21+,22?,24-,25-/m1/s1. The quantitative estimate of drug-likeness (QED) is 0.710. The molecule has 0 aromatic rings. The van der Waals surface area contributed by atoms with Crippen molar-refractivity contribution in [2.24, 2.45) is 52.3 Å². The summed E-state index contributed by atoms with van der Waals surface area (Å²) in [5.74, 6) is 3.29. The third-order valence-corrected chi connectivity index (χ3v) is 10.3. The van der Waals surface area contributed by atoms with Crippen molar-refractivity contribution < 1.29 is 9.90 Å². The minimum absolute atomic E-state index is 0.138. The number of nitrogens with zero attached hydrogens (tertiary/aromatic N) is 1. The summed E-state index contributed by atoms with van der Waals surface area (Å²) in [7, 11) is 0. The molecule has 0 bridgehead atoms. The summed E-state index contributed by atoms with van der Waals surface area (Å²) in [6.07, 6.45) is 8.91. The predicted octanol–water partition coefficient (Wildman–Crippen LogP) is 5.37. The third-order valence-electron chi connectivity index (χ3n) is 10.3. The number of hydrogen-bond donors (Lipinski definition) is 1. The molecule has 0 heterocycles. The van der Waals surface area contributed by atoms with Gasteiger partial charge in [0, 0.05) is 18.3 Å². The zero-order valence-electron chi connectivity index (χ0n) is 18.3. The van der Waals surface area contributed by atoms with Gasteiger partial charge in [-0.1, -0.05) is 27.7 Å². The predicted molar refractivity (Wildman–Crippen MR) is 110 cm³/mol. The molecular weight excluding hydrogens is 346 g/mol. The fraction of sp³-hybridized carbons (Fsp3) is 0.920. The van der Waals surface area contributed by atoms with Crippen molar-refractivity contribution in [1.82, 2.24) is 0 Å². The molecule has 0 aliphatic heterocycles. The van der Waals surface area contributed by atoms with Crippen LogP contribution in [0, 0.1) is 63.6 Å². The lowest BCUT2D eigenvalue weighted by Gasteiger charge is -2.62. The van der Waals surface area contributed by atoms with Gasteiger partial charge < -0.3 is 5.11 Å². The van der Waals surface area contributed by atoms with Crippen LogP contribution in [0.3, 0.4) is 0 Å². The fourth-order valence-electron chi connectivity index (χ4n) is 8.90. The molecule has 28 heavy (non-hydrogen) atoms. The molecule has 3 nitrogen and oxygen atoms in total. The van der Waals surface area contributed by atoms with Gasteiger partial charge in [-0.3, -0.25) is 4.79 Å². The maximum Gasteiger partial charge on any atom is 0.139 e. The first-order valence-electron chi connectivity index (χ1n) is 11.9. The number of hydrogen-bond acceptors (Lipinski definition) is 3. The van der Waals surface area contributed by atoms with E-state index >= 15 is 0 Å². The van der Waals surface area contributed by atoms with Crippen LogP contribution < -0.4 is 0 Å². The number of carbonyl (C=O) groups is 1. The minimum atomic E-state index is -0.215. The van der Waals surface area contributed by atoms with Crippen molar-refractivity contribution in [2.45, 2.75) is 91.6 Å². The maximum absolute atomic E-state index is 13.8. The highest BCUT2D eigenvalue weighted by Gasteiger charge is 2.64. The summed E-state index contributed by atoms with van der Waals surface area (Å²) in [5, 5.41) is 19.6. The molecule has 4 aliphatic rings. The Balaban J connectivity index is 1.69. The number of ketones is 1. The average molecular weight is 386 g/mol. The zero-order valence-corrected chi connectivity index (χ0v) is 18.3. The zero-order chi connectivity index (χ0) is 20.3. The summed E-state index contributed by atoms with van der Waals surface area (Å²) in [6.45, 7) is 9.35. The lowest BCUT2D eigenvalue weighted by molar-refractivity contribution is -0.173. The van der Waals surface area contributed by atoms with E-state index in [4.69, 9.17) is 0 Å². The van der Waals surface area contributed by atoms with Crippen molar-refractivity contribution in [3.05, 3.63) is 0 Å². The molecule has 10 atom stereocenters. The monoisotopic (exact) mass is 385 g/mol. The average Bonchev–Trinajstić information content (AvgIpc) is 3.01. The molecule has 0 aromatic heterocycles. The van der Waals surface area contributed by atoms with Crippen LogP contribution in [0.15, 0.2) is 0 Å². The van der Waals surface area contributed by atoms with E-state index in [-0.39, 0.29) is 28.8 Å². The Bertz CT molecular complexity index is 668. The van der Waals surface area contributed by atoms with E-state index in [1.165, 1.54) is 25.7 Å². The van der Waals surface area contributed by atoms with Crippen LogP contribution in [0.4, 0.5) is 0 Å². The molecule has 156 valence electrons. The van der Waals surface area contributed by atoms with Crippen LogP contribution in [0.2, 0.25) is 0 Å². The summed E-state index contributed by atoms with van der Waals surface area (Å²) in [5.41, 5.74) is 0.443. The summed E-state index contributed by atoms with van der Waals surface area (Å²) >= 11 is 0. The number of Topliss-reactive ketones (excluding diaryl/α,β-unsaturated/α-hetero) is 1. The molecule has 0 radical (unpaired) electrons. The Morgan fingerprint density at radius 2 is 1.79 bits per heavy atom. The number of fused-ring (bicyclic) bond motifs is 5. The molecule has 3 unspecified atom stereocenters. The smallest absolute Gasteiger partial charge is 0.139 e. The van der Waals surface area contributed by atoms with Gasteiger partial charge in [0.2, 0.25) is 0 Å². The van der Waals surface area contributed by atoms with Crippen LogP contribution in [0.1, 0.15) is 85.5 Å². The van der Waals surface area contributed by atoms with Crippen molar-refractivity contribution in [2.75, 3.05) is 0 Å². The number of aliphatic hydroxyl groups excluding tert-OH is 1. The van der Waals surface area contributed by atoms with Gasteiger partial charge in [0.1, 0.15) is 5.78 Å². The van der Waals surface area contributed by atoms with E-state index in [9.17, 15) is 15.2 Å². The second-order valence-corrected chi connectivity index (χ2v) is 11.3. The Labute approximate surface area is 171 Å². The van der Waals surface area contributed by atoms with Crippen LogP contribution >= 0.6 is 0 Å². The minimum Gasteiger partial charge on any atom is -0.393 e. The Kier molecular flexibility index (Phi) is 5.18. The SMILES string of the molecule is CC[C@H]1C(=O)C2C3CC[C@H]([C@H](C)CC#N)[C@@]3(C)CCC2[C@@]2(C)CC[C@@H](O)C[C@@H]12. The lowest BCUT2D eigenvalue weighted by Crippen LogP contribution is -2.60. The van der Waals surface area contributed by atoms with Gasteiger partial charge in [0.05, 0.1) is 12.2 Å². The molecule has 0 saturated heterocycles. The normalized spacial score (nSPS) is 51.6. The topological polar surface area (TPSA) is 61.1 Å². The number of nitriles is 1. The molecule has 0 amide bonds. The van der Waals surface area contributed by atoms with E-state index in [1.807, 2.05) is 0 Å². The van der Waals surface area contributed by atoms with Gasteiger partial charge in [-0.15, -0.1) is 0 Å². The lowest BCUT2D eigenvalue weighted by atomic mass is 9.42. The molecule has 1 N–H and O–H groups in total. The Morgan fingerprint density at radius 1 is 1.11 bits per heavy atom. The summed E-state index contributed by atoms with van der Waals surface area (Å²) in [6, 6.07) is 2.40. The van der Waals surface area contributed by atoms with Gasteiger partial charge in [0.15, 0.2) is 0 Å². The Morgan fingerprint density at radius 3 is 2.46 bits per heavy atom. The second kappa shape index (κ2) is 7.12. The highest BCUT2D eigenvalue weighted by molar-refractivity contribution is 5.86. The van der Waals surface area contributed by atoms with Crippen LogP contribution in [0.25, 0.3) is 0 Å². The fourth-order valence-corrected chi connectivity index (χ4v) is 8.90. The number of aliphatic hydroxyl groups is 1. The van der Waals surface area contributed by atoms with Crippen LogP contribution in [0.5, 0.6) is 0 Å². The van der Waals surface area contributed by atoms with Crippen molar-refractivity contribution in [3.63, 3.8) is 0 Å². The van der Waals surface area contributed by atoms with Gasteiger partial charge >= 0.3 is 0 Å². The van der Waals surface area contributed by atoms with Crippen LogP contribution in [-0.2, 0) is 4.79 Å². The maximum atomic E-state index is 13.8. The second-order valence-electron chi connectivity index (χ2n) is 11.3. The first-order valence-corrected chi connectivity index (χ1v) is 11.9. The summed E-state index contributed by atoms with van der Waals surface area (Å²) in [4.78, 5) is 13.8. The highest BCUT2D eigenvalue weighted by atomic mass is 16.3. The van der Waals surface area contributed by atoms with E-state index in [0.717, 1.165) is 25.7 Å². The molecule has 0 aromatic carbocycles. The molecule has 4 aliphatic carbocycles. The van der Waals surface area contributed by atoms with Gasteiger partial charge in [-0.25, -0.2) is 0 Å². The van der Waals surface area contributed by atoms with Gasteiger partial charge in [0.25, 0.3) is 0 Å². The van der Waals surface area contributed by atoms with E-state index < -0.39 is 0 Å². The highest BCUT2D eigenvalue weighted by Crippen LogP contribution is 2.68. The van der Waals surface area contributed by atoms with Crippen molar-refractivity contribution in [3.8, 4) is 6.07 Å². The van der Waals surface area contributed by atoms with Crippen LogP contribution in [-0.4, -0.2) is 17.0 Å². The van der Waals surface area contributed by atoms with Gasteiger partial charge in [-0.05, 0) is 91.8 Å². The number of carbonyl (C=O) groups excluding carboxylic acids is 1. The van der Waals surface area contributed by atoms with Gasteiger partial charge in [-0.2, -0.15) is 5.26 Å².